The quantitative estimate of drug-likeness (QED) is 0.496. The molecule has 2 aliphatic heterocycles. The smallest absolute Gasteiger partial charge is 0.222 e. The van der Waals surface area contributed by atoms with E-state index in [0.717, 1.165) is 38.9 Å². The zero-order valence-electron chi connectivity index (χ0n) is 7.88. The fourth-order valence-corrected chi connectivity index (χ4v) is 2.23. The SMILES string of the molecule is C=CCN1CCC2(CC1)CC(=O)N2. The van der Waals surface area contributed by atoms with Crippen molar-refractivity contribution < 1.29 is 4.79 Å². The molecule has 3 heteroatoms. The van der Waals surface area contributed by atoms with Gasteiger partial charge in [0.25, 0.3) is 0 Å². The lowest BCUT2D eigenvalue weighted by atomic mass is 9.78. The van der Waals surface area contributed by atoms with E-state index in [0.29, 0.717) is 0 Å². The van der Waals surface area contributed by atoms with Crippen molar-refractivity contribution in [1.82, 2.24) is 10.2 Å². The van der Waals surface area contributed by atoms with E-state index in [-0.39, 0.29) is 11.4 Å². The number of rotatable bonds is 2. The molecular weight excluding hydrogens is 164 g/mol. The van der Waals surface area contributed by atoms with Crippen LogP contribution in [0.3, 0.4) is 0 Å². The predicted molar refractivity (Wildman–Crippen MR) is 51.4 cm³/mol. The maximum atomic E-state index is 10.8. The second-order valence-electron chi connectivity index (χ2n) is 4.09. The second kappa shape index (κ2) is 3.14. The van der Waals surface area contributed by atoms with Crippen LogP contribution in [0.1, 0.15) is 19.3 Å². The molecule has 1 N–H and O–H groups in total. The summed E-state index contributed by atoms with van der Waals surface area (Å²) in [6, 6.07) is 0. The van der Waals surface area contributed by atoms with Crippen molar-refractivity contribution in [2.45, 2.75) is 24.8 Å². The number of carbonyl (C=O) groups is 1. The minimum Gasteiger partial charge on any atom is -0.350 e. The van der Waals surface area contributed by atoms with Crippen LogP contribution in [0, 0.1) is 0 Å². The van der Waals surface area contributed by atoms with Crippen molar-refractivity contribution in [2.24, 2.45) is 0 Å². The molecule has 0 aromatic carbocycles. The van der Waals surface area contributed by atoms with Gasteiger partial charge in [-0.1, -0.05) is 6.08 Å². The van der Waals surface area contributed by atoms with Gasteiger partial charge in [0.2, 0.25) is 5.91 Å². The fourth-order valence-electron chi connectivity index (χ4n) is 2.23. The maximum Gasteiger partial charge on any atom is 0.222 e. The van der Waals surface area contributed by atoms with Gasteiger partial charge in [-0.25, -0.2) is 0 Å². The lowest BCUT2D eigenvalue weighted by Crippen LogP contribution is -2.64. The minimum absolute atomic E-state index is 0.175. The molecule has 0 aliphatic carbocycles. The average Bonchev–Trinajstić information content (AvgIpc) is 2.07. The van der Waals surface area contributed by atoms with Crippen LogP contribution in [-0.2, 0) is 4.79 Å². The van der Waals surface area contributed by atoms with E-state index in [2.05, 4.69) is 16.8 Å². The van der Waals surface area contributed by atoms with Gasteiger partial charge in [0.1, 0.15) is 0 Å². The van der Waals surface area contributed by atoms with Gasteiger partial charge in [0.05, 0.1) is 5.54 Å². The zero-order valence-corrected chi connectivity index (χ0v) is 7.88. The van der Waals surface area contributed by atoms with Crippen LogP contribution < -0.4 is 5.32 Å². The Morgan fingerprint density at radius 2 is 2.15 bits per heavy atom. The third-order valence-corrected chi connectivity index (χ3v) is 3.10. The van der Waals surface area contributed by atoms with Crippen LogP contribution >= 0.6 is 0 Å². The Balaban J connectivity index is 1.83. The van der Waals surface area contributed by atoms with Gasteiger partial charge < -0.3 is 5.32 Å². The molecule has 0 aromatic heterocycles. The molecule has 2 saturated heterocycles. The molecule has 2 heterocycles. The van der Waals surface area contributed by atoms with E-state index in [1.165, 1.54) is 0 Å². The third kappa shape index (κ3) is 1.61. The Kier molecular flexibility index (Phi) is 2.12. The highest BCUT2D eigenvalue weighted by Crippen LogP contribution is 2.31. The number of β-lactam (4-membered cyclic amide) rings is 1. The number of amides is 1. The van der Waals surface area contributed by atoms with Crippen molar-refractivity contribution in [2.75, 3.05) is 19.6 Å². The Morgan fingerprint density at radius 1 is 1.54 bits per heavy atom. The lowest BCUT2D eigenvalue weighted by Gasteiger charge is -2.47. The molecular formula is C10H16N2O. The van der Waals surface area contributed by atoms with Crippen molar-refractivity contribution in [1.29, 1.82) is 0 Å². The lowest BCUT2D eigenvalue weighted by molar-refractivity contribution is -0.134. The van der Waals surface area contributed by atoms with E-state index >= 15 is 0 Å². The van der Waals surface area contributed by atoms with Crippen LogP contribution in [-0.4, -0.2) is 36.0 Å². The van der Waals surface area contributed by atoms with E-state index < -0.39 is 0 Å². The molecule has 0 aromatic rings. The van der Waals surface area contributed by atoms with Crippen LogP contribution in [0.15, 0.2) is 12.7 Å². The molecule has 2 fully saturated rings. The Bertz CT molecular complexity index is 219. The molecule has 2 aliphatic rings. The van der Waals surface area contributed by atoms with Crippen LogP contribution in [0.5, 0.6) is 0 Å². The van der Waals surface area contributed by atoms with Gasteiger partial charge in [-0.15, -0.1) is 6.58 Å². The number of hydrogen-bond donors (Lipinski definition) is 1. The van der Waals surface area contributed by atoms with E-state index in [9.17, 15) is 4.79 Å². The van der Waals surface area contributed by atoms with Crippen molar-refractivity contribution in [3.8, 4) is 0 Å². The van der Waals surface area contributed by atoms with E-state index in [1.807, 2.05) is 6.08 Å². The van der Waals surface area contributed by atoms with Crippen molar-refractivity contribution >= 4 is 5.91 Å². The predicted octanol–water partition coefficient (Wildman–Crippen LogP) is 0.527. The molecule has 2 rings (SSSR count). The summed E-state index contributed by atoms with van der Waals surface area (Å²) >= 11 is 0. The van der Waals surface area contributed by atoms with E-state index in [1.54, 1.807) is 0 Å². The topological polar surface area (TPSA) is 32.3 Å². The molecule has 3 nitrogen and oxygen atoms in total. The molecule has 0 atom stereocenters. The van der Waals surface area contributed by atoms with Crippen LogP contribution in [0.4, 0.5) is 0 Å². The summed E-state index contributed by atoms with van der Waals surface area (Å²) in [6.45, 7) is 6.88. The Labute approximate surface area is 78.8 Å². The molecule has 0 unspecified atom stereocenters. The Morgan fingerprint density at radius 3 is 2.62 bits per heavy atom. The first-order chi connectivity index (χ1) is 6.24. The number of hydrogen-bond acceptors (Lipinski definition) is 2. The van der Waals surface area contributed by atoms with Crippen LogP contribution in [0.2, 0.25) is 0 Å². The molecule has 0 saturated carbocycles. The first-order valence-corrected chi connectivity index (χ1v) is 4.88. The third-order valence-electron chi connectivity index (χ3n) is 3.10. The summed E-state index contributed by atoms with van der Waals surface area (Å²) < 4.78 is 0. The Hall–Kier alpha value is -0.830. The van der Waals surface area contributed by atoms with Gasteiger partial charge >= 0.3 is 0 Å². The summed E-state index contributed by atoms with van der Waals surface area (Å²) in [4.78, 5) is 13.2. The van der Waals surface area contributed by atoms with Crippen molar-refractivity contribution in [3.63, 3.8) is 0 Å². The summed E-state index contributed by atoms with van der Waals surface area (Å²) in [6.07, 6.45) is 4.89. The largest absolute Gasteiger partial charge is 0.350 e. The summed E-state index contributed by atoms with van der Waals surface area (Å²) in [5, 5.41) is 3.03. The normalized spacial score (nSPS) is 26.6. The first kappa shape index (κ1) is 8.75. The van der Waals surface area contributed by atoms with Gasteiger partial charge in [-0.05, 0) is 12.8 Å². The first-order valence-electron chi connectivity index (χ1n) is 4.88. The summed E-state index contributed by atoms with van der Waals surface area (Å²) in [5.74, 6) is 0.220. The monoisotopic (exact) mass is 180 g/mol. The zero-order chi connectivity index (χ0) is 9.31. The summed E-state index contributed by atoms with van der Waals surface area (Å²) in [5.41, 5.74) is 0.175. The van der Waals surface area contributed by atoms with Crippen molar-refractivity contribution in [3.05, 3.63) is 12.7 Å². The standard InChI is InChI=1S/C10H16N2O/c1-2-5-12-6-3-10(4-7-12)8-9(13)11-10/h2H,1,3-8H2,(H,11,13). The number of carbonyl (C=O) groups excluding carboxylic acids is 1. The molecule has 1 spiro atoms. The molecule has 72 valence electrons. The van der Waals surface area contributed by atoms with Gasteiger partial charge in [-0.2, -0.15) is 0 Å². The number of piperidine rings is 1. The fraction of sp³-hybridized carbons (Fsp3) is 0.700. The maximum absolute atomic E-state index is 10.8. The van der Waals surface area contributed by atoms with Gasteiger partial charge in [0.15, 0.2) is 0 Å². The highest BCUT2D eigenvalue weighted by Gasteiger charge is 2.44. The molecule has 0 bridgehead atoms. The molecule has 13 heavy (non-hydrogen) atoms. The number of nitrogens with zero attached hydrogens (tertiary/aromatic N) is 1. The minimum atomic E-state index is 0.175. The number of likely N-dealkylation sites (tertiary alicyclic amines) is 1. The highest BCUT2D eigenvalue weighted by atomic mass is 16.2. The highest BCUT2D eigenvalue weighted by molar-refractivity contribution is 5.84. The van der Waals surface area contributed by atoms with Gasteiger partial charge in [0, 0.05) is 26.1 Å². The average molecular weight is 180 g/mol. The molecule has 0 radical (unpaired) electrons. The van der Waals surface area contributed by atoms with Crippen LogP contribution in [0.25, 0.3) is 0 Å². The van der Waals surface area contributed by atoms with Gasteiger partial charge in [-0.3, -0.25) is 9.69 Å². The van der Waals surface area contributed by atoms with E-state index in [4.69, 9.17) is 0 Å². The second-order valence-corrected chi connectivity index (χ2v) is 4.09. The number of nitrogens with one attached hydrogen (secondary N) is 1. The molecule has 1 amide bonds. The summed E-state index contributed by atoms with van der Waals surface area (Å²) in [7, 11) is 0.